The van der Waals surface area contributed by atoms with Gasteiger partial charge in [-0.3, -0.25) is 4.79 Å². The van der Waals surface area contributed by atoms with Crippen molar-refractivity contribution in [3.63, 3.8) is 0 Å². The highest BCUT2D eigenvalue weighted by atomic mass is 16.7. The molecule has 1 heterocycles. The second-order valence-electron chi connectivity index (χ2n) is 5.09. The van der Waals surface area contributed by atoms with Crippen LogP contribution in [0.4, 0.5) is 0 Å². The van der Waals surface area contributed by atoms with E-state index in [0.29, 0.717) is 19.3 Å². The van der Waals surface area contributed by atoms with Crippen LogP contribution >= 0.6 is 0 Å². The van der Waals surface area contributed by atoms with Gasteiger partial charge < -0.3 is 30.2 Å². The lowest BCUT2D eigenvalue weighted by Gasteiger charge is -2.36. The SMILES string of the molecule is C[C@H](CCCCC(=O)O)O[C@@H]1OC(C=N)[C@H](O)C[C@@H]1O. The van der Waals surface area contributed by atoms with E-state index in [0.717, 1.165) is 6.21 Å². The predicted molar refractivity (Wildman–Crippen MR) is 70.7 cm³/mol. The molecule has 7 nitrogen and oxygen atoms in total. The number of rotatable bonds is 8. The first kappa shape index (κ1) is 17.0. The molecule has 1 aliphatic heterocycles. The number of aliphatic hydroxyl groups excluding tert-OH is 2. The first-order chi connectivity index (χ1) is 9.43. The number of carbonyl (C=O) groups is 1. The van der Waals surface area contributed by atoms with E-state index in [4.69, 9.17) is 20.0 Å². The summed E-state index contributed by atoms with van der Waals surface area (Å²) in [5.74, 6) is -0.813. The molecule has 1 saturated heterocycles. The molecule has 0 bridgehead atoms. The zero-order chi connectivity index (χ0) is 15.1. The third-order valence-electron chi connectivity index (χ3n) is 3.25. The van der Waals surface area contributed by atoms with Crippen molar-refractivity contribution in [2.45, 2.75) is 69.7 Å². The summed E-state index contributed by atoms with van der Waals surface area (Å²) in [4.78, 5) is 10.4. The van der Waals surface area contributed by atoms with Crippen molar-refractivity contribution in [2.75, 3.05) is 0 Å². The van der Waals surface area contributed by atoms with E-state index in [9.17, 15) is 15.0 Å². The standard InChI is InChI=1S/C13H23NO6/c1-8(4-2-3-5-12(17)18)19-13-10(16)6-9(15)11(7-14)20-13/h7-11,13-16H,2-6H2,1H3,(H,17,18)/t8-,9-,10+,11?,13-/m1/s1. The van der Waals surface area contributed by atoms with Gasteiger partial charge >= 0.3 is 5.97 Å². The summed E-state index contributed by atoms with van der Waals surface area (Å²) in [5.41, 5.74) is 0. The molecule has 0 aliphatic carbocycles. The lowest BCUT2D eigenvalue weighted by atomic mass is 10.0. The van der Waals surface area contributed by atoms with Gasteiger partial charge in [0.2, 0.25) is 0 Å². The third kappa shape index (κ3) is 5.54. The maximum atomic E-state index is 10.4. The molecule has 7 heteroatoms. The van der Waals surface area contributed by atoms with Crippen LogP contribution in [0.2, 0.25) is 0 Å². The summed E-state index contributed by atoms with van der Waals surface area (Å²) in [6.45, 7) is 1.82. The Morgan fingerprint density at radius 1 is 1.45 bits per heavy atom. The summed E-state index contributed by atoms with van der Waals surface area (Å²) in [5, 5.41) is 35.0. The molecule has 20 heavy (non-hydrogen) atoms. The Labute approximate surface area is 118 Å². The van der Waals surface area contributed by atoms with Crippen molar-refractivity contribution in [3.05, 3.63) is 0 Å². The number of ether oxygens (including phenoxy) is 2. The zero-order valence-corrected chi connectivity index (χ0v) is 11.6. The largest absolute Gasteiger partial charge is 0.481 e. The quantitative estimate of drug-likeness (QED) is 0.382. The number of unbranched alkanes of at least 4 members (excludes halogenated alkanes) is 1. The molecular formula is C13H23NO6. The summed E-state index contributed by atoms with van der Waals surface area (Å²) >= 11 is 0. The van der Waals surface area contributed by atoms with Gasteiger partial charge in [0.1, 0.15) is 12.2 Å². The number of carboxylic acid groups (broad SMARTS) is 1. The van der Waals surface area contributed by atoms with Gasteiger partial charge in [-0.05, 0) is 19.8 Å². The van der Waals surface area contributed by atoms with E-state index in [-0.39, 0.29) is 18.9 Å². The molecule has 0 aromatic carbocycles. The Morgan fingerprint density at radius 3 is 2.75 bits per heavy atom. The lowest BCUT2D eigenvalue weighted by Crippen LogP contribution is -2.49. The van der Waals surface area contributed by atoms with E-state index in [1.807, 2.05) is 6.92 Å². The fourth-order valence-corrected chi connectivity index (χ4v) is 2.11. The second kappa shape index (κ2) is 8.31. The third-order valence-corrected chi connectivity index (χ3v) is 3.25. The average molecular weight is 289 g/mol. The van der Waals surface area contributed by atoms with Crippen LogP contribution in [0, 0.1) is 5.41 Å². The van der Waals surface area contributed by atoms with Gasteiger partial charge in [-0.2, -0.15) is 0 Å². The molecule has 1 rings (SSSR count). The normalized spacial score (nSPS) is 31.8. The van der Waals surface area contributed by atoms with Crippen LogP contribution < -0.4 is 0 Å². The van der Waals surface area contributed by atoms with Crippen molar-refractivity contribution in [3.8, 4) is 0 Å². The van der Waals surface area contributed by atoms with Gasteiger partial charge in [-0.15, -0.1) is 0 Å². The first-order valence-electron chi connectivity index (χ1n) is 6.83. The van der Waals surface area contributed by atoms with Crippen LogP contribution in [0.3, 0.4) is 0 Å². The monoisotopic (exact) mass is 289 g/mol. The number of hydrogen-bond donors (Lipinski definition) is 4. The van der Waals surface area contributed by atoms with E-state index in [1.54, 1.807) is 0 Å². The number of hydrogen-bond acceptors (Lipinski definition) is 6. The van der Waals surface area contributed by atoms with Crippen molar-refractivity contribution in [1.82, 2.24) is 0 Å². The average Bonchev–Trinajstić information content (AvgIpc) is 2.37. The van der Waals surface area contributed by atoms with Crippen LogP contribution in [0.25, 0.3) is 0 Å². The van der Waals surface area contributed by atoms with Gasteiger partial charge in [0.15, 0.2) is 6.29 Å². The molecule has 0 radical (unpaired) electrons. The molecule has 1 fully saturated rings. The fraction of sp³-hybridized carbons (Fsp3) is 0.846. The van der Waals surface area contributed by atoms with E-state index >= 15 is 0 Å². The van der Waals surface area contributed by atoms with Crippen LogP contribution in [-0.2, 0) is 14.3 Å². The Balaban J connectivity index is 2.31. The molecule has 0 aromatic heterocycles. The smallest absolute Gasteiger partial charge is 0.303 e. The highest BCUT2D eigenvalue weighted by Crippen LogP contribution is 2.22. The van der Waals surface area contributed by atoms with Crippen molar-refractivity contribution in [2.24, 2.45) is 0 Å². The van der Waals surface area contributed by atoms with Crippen LogP contribution in [-0.4, -0.2) is 58.2 Å². The Bertz CT molecular complexity index is 324. The van der Waals surface area contributed by atoms with E-state index in [2.05, 4.69) is 0 Å². The number of nitrogens with one attached hydrogen (secondary N) is 1. The van der Waals surface area contributed by atoms with Crippen LogP contribution in [0.5, 0.6) is 0 Å². The highest BCUT2D eigenvalue weighted by Gasteiger charge is 2.36. The van der Waals surface area contributed by atoms with Crippen LogP contribution in [0.1, 0.15) is 39.0 Å². The van der Waals surface area contributed by atoms with Gasteiger partial charge in [0.25, 0.3) is 0 Å². The Kier molecular flexibility index (Phi) is 7.08. The molecule has 0 amide bonds. The molecular weight excluding hydrogens is 266 g/mol. The summed E-state index contributed by atoms with van der Waals surface area (Å²) < 4.78 is 10.9. The van der Waals surface area contributed by atoms with E-state index < -0.39 is 30.6 Å². The van der Waals surface area contributed by atoms with Crippen LogP contribution in [0.15, 0.2) is 0 Å². The first-order valence-corrected chi connectivity index (χ1v) is 6.83. The highest BCUT2D eigenvalue weighted by molar-refractivity contribution is 5.66. The molecule has 1 unspecified atom stereocenters. The van der Waals surface area contributed by atoms with Crippen molar-refractivity contribution in [1.29, 1.82) is 5.41 Å². The van der Waals surface area contributed by atoms with Gasteiger partial charge in [-0.25, -0.2) is 0 Å². The zero-order valence-electron chi connectivity index (χ0n) is 11.6. The molecule has 1 aliphatic rings. The maximum absolute atomic E-state index is 10.4. The lowest BCUT2D eigenvalue weighted by molar-refractivity contribution is -0.262. The van der Waals surface area contributed by atoms with Crippen molar-refractivity contribution < 1.29 is 29.6 Å². The fourth-order valence-electron chi connectivity index (χ4n) is 2.11. The summed E-state index contributed by atoms with van der Waals surface area (Å²) in [7, 11) is 0. The number of carboxylic acids is 1. The molecule has 5 atom stereocenters. The minimum atomic E-state index is -0.928. The van der Waals surface area contributed by atoms with Gasteiger partial charge in [0, 0.05) is 19.1 Å². The summed E-state index contributed by atoms with van der Waals surface area (Å²) in [6.07, 6.45) is -0.440. The van der Waals surface area contributed by atoms with E-state index in [1.165, 1.54) is 0 Å². The number of aliphatic hydroxyl groups is 2. The second-order valence-corrected chi connectivity index (χ2v) is 5.09. The molecule has 0 saturated carbocycles. The predicted octanol–water partition coefficient (Wildman–Crippen LogP) is 0.523. The van der Waals surface area contributed by atoms with Crippen molar-refractivity contribution >= 4 is 12.2 Å². The Hall–Kier alpha value is -1.02. The minimum Gasteiger partial charge on any atom is -0.481 e. The minimum absolute atomic E-state index is 0.108. The molecule has 4 N–H and O–H groups in total. The maximum Gasteiger partial charge on any atom is 0.303 e. The topological polar surface area (TPSA) is 120 Å². The Morgan fingerprint density at radius 2 is 2.15 bits per heavy atom. The molecule has 0 spiro atoms. The summed E-state index contributed by atoms with van der Waals surface area (Å²) in [6, 6.07) is 0. The number of aliphatic carboxylic acids is 1. The van der Waals surface area contributed by atoms with Gasteiger partial charge in [-0.1, -0.05) is 6.42 Å². The van der Waals surface area contributed by atoms with Gasteiger partial charge in [0.05, 0.1) is 12.2 Å². The molecule has 0 aromatic rings. The molecule has 116 valence electrons.